The minimum atomic E-state index is -1.01. The van der Waals surface area contributed by atoms with Gasteiger partial charge < -0.3 is 10.1 Å². The first-order chi connectivity index (χ1) is 13.1. The van der Waals surface area contributed by atoms with E-state index in [0.29, 0.717) is 36.1 Å². The summed E-state index contributed by atoms with van der Waals surface area (Å²) in [7, 11) is 0. The average Bonchev–Trinajstić information content (AvgIpc) is 2.59. The number of rotatable bonds is 4. The zero-order chi connectivity index (χ0) is 20.6. The van der Waals surface area contributed by atoms with Crippen molar-refractivity contribution < 1.29 is 23.1 Å². The molecule has 0 bridgehead atoms. The van der Waals surface area contributed by atoms with Crippen LogP contribution in [-0.4, -0.2) is 18.4 Å². The van der Waals surface area contributed by atoms with Crippen LogP contribution < -0.4 is 5.32 Å². The number of esters is 1. The molecule has 0 saturated heterocycles. The summed E-state index contributed by atoms with van der Waals surface area (Å²) in [5, 5.41) is 3.21. The molecule has 0 saturated carbocycles. The Bertz CT molecular complexity index is 899. The van der Waals surface area contributed by atoms with E-state index in [1.807, 2.05) is 20.8 Å². The lowest BCUT2D eigenvalue weighted by molar-refractivity contribution is -0.139. The summed E-state index contributed by atoms with van der Waals surface area (Å²) in [6.45, 7) is 7.88. The molecule has 2 aliphatic rings. The van der Waals surface area contributed by atoms with Crippen molar-refractivity contribution in [2.45, 2.75) is 52.9 Å². The van der Waals surface area contributed by atoms with Crippen LogP contribution in [0.1, 0.15) is 58.4 Å². The van der Waals surface area contributed by atoms with Crippen molar-refractivity contribution in [3.8, 4) is 0 Å². The Morgan fingerprint density at radius 1 is 1.25 bits per heavy atom. The number of hydrogen-bond acceptors (Lipinski definition) is 4. The van der Waals surface area contributed by atoms with Gasteiger partial charge in [0.1, 0.15) is 0 Å². The van der Waals surface area contributed by atoms with E-state index < -0.39 is 23.5 Å². The summed E-state index contributed by atoms with van der Waals surface area (Å²) in [4.78, 5) is 25.8. The van der Waals surface area contributed by atoms with E-state index in [-0.39, 0.29) is 23.4 Å². The van der Waals surface area contributed by atoms with Gasteiger partial charge in [-0.25, -0.2) is 13.6 Å². The summed E-state index contributed by atoms with van der Waals surface area (Å²) < 4.78 is 32.8. The molecule has 0 spiro atoms. The molecule has 0 unspecified atom stereocenters. The molecule has 28 heavy (non-hydrogen) atoms. The molecular formula is C22H25F2NO3. The largest absolute Gasteiger partial charge is 0.462 e. The monoisotopic (exact) mass is 389 g/mol. The molecule has 1 aliphatic carbocycles. The molecule has 150 valence electrons. The zero-order valence-corrected chi connectivity index (χ0v) is 16.6. The third-order valence-corrected chi connectivity index (χ3v) is 5.17. The van der Waals surface area contributed by atoms with E-state index >= 15 is 0 Å². The second-order valence-corrected chi connectivity index (χ2v) is 8.24. The Labute approximate surface area is 163 Å². The second-order valence-electron chi connectivity index (χ2n) is 8.24. The Balaban J connectivity index is 2.16. The molecule has 6 heteroatoms. The molecule has 1 heterocycles. The van der Waals surface area contributed by atoms with Gasteiger partial charge in [-0.3, -0.25) is 4.79 Å². The first-order valence-corrected chi connectivity index (χ1v) is 9.50. The van der Waals surface area contributed by atoms with Gasteiger partial charge in [-0.05, 0) is 42.9 Å². The van der Waals surface area contributed by atoms with E-state index in [1.54, 1.807) is 6.92 Å². The van der Waals surface area contributed by atoms with Gasteiger partial charge in [-0.1, -0.05) is 26.8 Å². The highest BCUT2D eigenvalue weighted by atomic mass is 19.2. The lowest BCUT2D eigenvalue weighted by Gasteiger charge is -2.39. The third-order valence-electron chi connectivity index (χ3n) is 5.17. The quantitative estimate of drug-likeness (QED) is 0.769. The van der Waals surface area contributed by atoms with E-state index in [2.05, 4.69) is 5.32 Å². The molecule has 1 atom stereocenters. The Morgan fingerprint density at radius 3 is 2.61 bits per heavy atom. The summed E-state index contributed by atoms with van der Waals surface area (Å²) in [6.07, 6.45) is 1.61. The number of nitrogens with one attached hydrogen (secondary N) is 1. The van der Waals surface area contributed by atoms with E-state index in [4.69, 9.17) is 4.74 Å². The van der Waals surface area contributed by atoms with Crippen LogP contribution in [0.15, 0.2) is 40.7 Å². The molecule has 0 radical (unpaired) electrons. The van der Waals surface area contributed by atoms with Crippen molar-refractivity contribution in [1.29, 1.82) is 0 Å². The fourth-order valence-electron chi connectivity index (χ4n) is 4.00. The molecule has 3 rings (SSSR count). The molecule has 4 nitrogen and oxygen atoms in total. The van der Waals surface area contributed by atoms with Crippen LogP contribution in [-0.2, 0) is 14.3 Å². The van der Waals surface area contributed by atoms with Crippen LogP contribution in [0.5, 0.6) is 0 Å². The zero-order valence-electron chi connectivity index (χ0n) is 16.6. The van der Waals surface area contributed by atoms with Crippen molar-refractivity contribution in [1.82, 2.24) is 5.32 Å². The first kappa shape index (κ1) is 20.2. The molecule has 1 aromatic carbocycles. The molecule has 1 aromatic rings. The van der Waals surface area contributed by atoms with Crippen molar-refractivity contribution in [2.75, 3.05) is 6.61 Å². The highest BCUT2D eigenvalue weighted by molar-refractivity contribution is 6.04. The van der Waals surface area contributed by atoms with Crippen molar-refractivity contribution >= 4 is 11.8 Å². The molecule has 0 amide bonds. The van der Waals surface area contributed by atoms with E-state index in [1.165, 1.54) is 6.07 Å². The lowest BCUT2D eigenvalue weighted by Crippen LogP contribution is -2.38. The highest BCUT2D eigenvalue weighted by Gasteiger charge is 2.43. The number of benzene rings is 1. The predicted octanol–water partition coefficient (Wildman–Crippen LogP) is 4.52. The topological polar surface area (TPSA) is 55.4 Å². The minimum absolute atomic E-state index is 0.0956. The maximum Gasteiger partial charge on any atom is 0.336 e. The van der Waals surface area contributed by atoms with Gasteiger partial charge in [-0.15, -0.1) is 0 Å². The number of Topliss-reactive ketones (excluding diaryl/α,β-unsaturated/α-hetero) is 1. The number of ketones is 1. The number of halogens is 2. The van der Waals surface area contributed by atoms with E-state index in [0.717, 1.165) is 17.8 Å². The molecule has 1 N–H and O–H groups in total. The fraction of sp³-hybridized carbons (Fsp3) is 0.455. The highest BCUT2D eigenvalue weighted by Crippen LogP contribution is 2.46. The first-order valence-electron chi connectivity index (χ1n) is 9.50. The van der Waals surface area contributed by atoms with Gasteiger partial charge >= 0.3 is 5.97 Å². The van der Waals surface area contributed by atoms with Crippen LogP contribution in [0.25, 0.3) is 0 Å². The van der Waals surface area contributed by atoms with Crippen molar-refractivity contribution in [3.05, 3.63) is 57.9 Å². The van der Waals surface area contributed by atoms with E-state index in [9.17, 15) is 18.4 Å². The van der Waals surface area contributed by atoms with Gasteiger partial charge in [0.05, 0.1) is 12.2 Å². The molecule has 0 aromatic heterocycles. The van der Waals surface area contributed by atoms with Gasteiger partial charge in [0.15, 0.2) is 17.4 Å². The number of carbonyl (C=O) groups excluding carboxylic acids is 2. The summed E-state index contributed by atoms with van der Waals surface area (Å²) in [5.41, 5.74) is 2.16. The standard InChI is InChI=1S/C22H25F2NO3/c1-5-8-28-21(27)18-12(2)25-16-10-22(3,4)11-17(26)20(16)19(18)13-6-7-14(23)15(24)9-13/h6-7,9,19,25H,5,8,10-11H2,1-4H3/t19-/m1/s1. The third kappa shape index (κ3) is 3.73. The number of hydrogen-bond donors (Lipinski definition) is 1. The number of carbonyl (C=O) groups is 2. The SMILES string of the molecule is CCCOC(=O)C1=C(C)NC2=C(C(=O)CC(C)(C)C2)[C@@H]1c1ccc(F)c(F)c1. The smallest absolute Gasteiger partial charge is 0.336 e. The van der Waals surface area contributed by atoms with Crippen molar-refractivity contribution in [2.24, 2.45) is 5.41 Å². The second kappa shape index (κ2) is 7.49. The average molecular weight is 389 g/mol. The number of ether oxygens (including phenoxy) is 1. The summed E-state index contributed by atoms with van der Waals surface area (Å²) in [6, 6.07) is 3.50. The summed E-state index contributed by atoms with van der Waals surface area (Å²) >= 11 is 0. The van der Waals surface area contributed by atoms with Gasteiger partial charge in [0.25, 0.3) is 0 Å². The van der Waals surface area contributed by atoms with Gasteiger partial charge in [-0.2, -0.15) is 0 Å². The maximum atomic E-state index is 14.0. The van der Waals surface area contributed by atoms with Crippen LogP contribution in [0, 0.1) is 17.0 Å². The number of dihydropyridines is 1. The predicted molar refractivity (Wildman–Crippen MR) is 101 cm³/mol. The minimum Gasteiger partial charge on any atom is -0.462 e. The maximum absolute atomic E-state index is 14.0. The Hall–Kier alpha value is -2.50. The Morgan fingerprint density at radius 2 is 1.96 bits per heavy atom. The molecular weight excluding hydrogens is 364 g/mol. The van der Waals surface area contributed by atoms with Gasteiger partial charge in [0.2, 0.25) is 0 Å². The van der Waals surface area contributed by atoms with Crippen LogP contribution in [0.2, 0.25) is 0 Å². The Kier molecular flexibility index (Phi) is 5.41. The normalized spacial score (nSPS) is 21.4. The lowest BCUT2D eigenvalue weighted by atomic mass is 9.68. The molecule has 0 fully saturated rings. The fourth-order valence-corrected chi connectivity index (χ4v) is 4.00. The number of allylic oxidation sites excluding steroid dienone is 3. The van der Waals surface area contributed by atoms with Crippen molar-refractivity contribution in [3.63, 3.8) is 0 Å². The van der Waals surface area contributed by atoms with Crippen LogP contribution in [0.3, 0.4) is 0 Å². The summed E-state index contributed by atoms with van der Waals surface area (Å²) in [5.74, 6) is -3.41. The van der Waals surface area contributed by atoms with Crippen LogP contribution in [0.4, 0.5) is 8.78 Å². The molecule has 1 aliphatic heterocycles. The van der Waals surface area contributed by atoms with Crippen LogP contribution >= 0.6 is 0 Å². The van der Waals surface area contributed by atoms with Gasteiger partial charge in [0, 0.05) is 29.3 Å².